The van der Waals surface area contributed by atoms with Crippen LogP contribution >= 0.6 is 11.6 Å². The first-order chi connectivity index (χ1) is 8.99. The molecule has 2 nitrogen and oxygen atoms in total. The van der Waals surface area contributed by atoms with E-state index >= 15 is 0 Å². The van der Waals surface area contributed by atoms with E-state index in [1.807, 2.05) is 24.3 Å². The molecule has 0 fully saturated rings. The van der Waals surface area contributed by atoms with E-state index in [-0.39, 0.29) is 5.78 Å². The van der Waals surface area contributed by atoms with Crippen molar-refractivity contribution in [2.45, 2.75) is 19.8 Å². The van der Waals surface area contributed by atoms with Gasteiger partial charge in [0.05, 0.1) is 0 Å². The third-order valence-corrected chi connectivity index (χ3v) is 3.33. The number of rotatable bonds is 3. The highest BCUT2D eigenvalue weighted by molar-refractivity contribution is 6.31. The van der Waals surface area contributed by atoms with Crippen molar-refractivity contribution in [3.8, 4) is 0 Å². The Kier molecular flexibility index (Phi) is 3.91. The average molecular weight is 274 g/mol. The molecule has 2 aromatic rings. The molecule has 0 unspecified atom stereocenters. The van der Waals surface area contributed by atoms with Gasteiger partial charge in [0.25, 0.3) is 0 Å². The molecule has 19 heavy (non-hydrogen) atoms. The van der Waals surface area contributed by atoms with Crippen molar-refractivity contribution >= 4 is 23.1 Å². The summed E-state index contributed by atoms with van der Waals surface area (Å²) in [5.74, 6) is 0.370. The van der Waals surface area contributed by atoms with Gasteiger partial charge < -0.3 is 5.73 Å². The van der Waals surface area contributed by atoms with Crippen molar-refractivity contribution in [2.75, 3.05) is 5.73 Å². The van der Waals surface area contributed by atoms with Gasteiger partial charge in [-0.2, -0.15) is 0 Å². The molecule has 0 radical (unpaired) electrons. The quantitative estimate of drug-likeness (QED) is 0.670. The van der Waals surface area contributed by atoms with Crippen LogP contribution < -0.4 is 5.73 Å². The molecule has 98 valence electrons. The number of anilines is 1. The van der Waals surface area contributed by atoms with Crippen LogP contribution in [0.4, 0.5) is 5.69 Å². The van der Waals surface area contributed by atoms with E-state index in [0.29, 0.717) is 27.8 Å². The summed E-state index contributed by atoms with van der Waals surface area (Å²) in [7, 11) is 0. The zero-order chi connectivity index (χ0) is 14.0. The fourth-order valence-electron chi connectivity index (χ4n) is 1.92. The van der Waals surface area contributed by atoms with Gasteiger partial charge >= 0.3 is 0 Å². The van der Waals surface area contributed by atoms with E-state index in [9.17, 15) is 4.79 Å². The van der Waals surface area contributed by atoms with Crippen LogP contribution in [-0.4, -0.2) is 5.78 Å². The van der Waals surface area contributed by atoms with Gasteiger partial charge in [-0.15, -0.1) is 0 Å². The van der Waals surface area contributed by atoms with Crippen molar-refractivity contribution in [1.29, 1.82) is 0 Å². The smallest absolute Gasteiger partial charge is 0.195 e. The Morgan fingerprint density at radius 1 is 1.11 bits per heavy atom. The van der Waals surface area contributed by atoms with Crippen LogP contribution in [0.2, 0.25) is 5.02 Å². The van der Waals surface area contributed by atoms with E-state index < -0.39 is 0 Å². The molecule has 0 bridgehead atoms. The molecular weight excluding hydrogens is 258 g/mol. The van der Waals surface area contributed by atoms with E-state index in [2.05, 4.69) is 13.8 Å². The molecular formula is C16H16ClNO. The molecule has 0 aliphatic rings. The monoisotopic (exact) mass is 273 g/mol. The highest BCUT2D eigenvalue weighted by atomic mass is 35.5. The summed E-state index contributed by atoms with van der Waals surface area (Å²) in [6.07, 6.45) is 0. The SMILES string of the molecule is CC(C)c1ccc(C(=O)c2ccc(Cl)cc2N)cc1. The Hall–Kier alpha value is -1.80. The summed E-state index contributed by atoms with van der Waals surface area (Å²) >= 11 is 5.83. The van der Waals surface area contributed by atoms with Crippen LogP contribution in [0.3, 0.4) is 0 Å². The maximum Gasteiger partial charge on any atom is 0.195 e. The van der Waals surface area contributed by atoms with Gasteiger partial charge in [-0.3, -0.25) is 4.79 Å². The predicted octanol–water partition coefficient (Wildman–Crippen LogP) is 4.28. The minimum Gasteiger partial charge on any atom is -0.398 e. The van der Waals surface area contributed by atoms with E-state index in [1.54, 1.807) is 18.2 Å². The Labute approximate surface area is 118 Å². The van der Waals surface area contributed by atoms with Gasteiger partial charge in [0.1, 0.15) is 0 Å². The molecule has 2 N–H and O–H groups in total. The fraction of sp³-hybridized carbons (Fsp3) is 0.188. The lowest BCUT2D eigenvalue weighted by atomic mass is 9.97. The second-order valence-electron chi connectivity index (χ2n) is 4.84. The first-order valence-electron chi connectivity index (χ1n) is 6.18. The molecule has 0 saturated carbocycles. The van der Waals surface area contributed by atoms with Crippen LogP contribution in [0.5, 0.6) is 0 Å². The lowest BCUT2D eigenvalue weighted by Crippen LogP contribution is -2.05. The van der Waals surface area contributed by atoms with E-state index in [1.165, 1.54) is 5.56 Å². The first kappa shape index (κ1) is 13.6. The van der Waals surface area contributed by atoms with Crippen molar-refractivity contribution in [3.63, 3.8) is 0 Å². The zero-order valence-corrected chi connectivity index (χ0v) is 11.7. The standard InChI is InChI=1S/C16H16ClNO/c1-10(2)11-3-5-12(6-4-11)16(19)14-8-7-13(17)9-15(14)18/h3-10H,18H2,1-2H3. The Balaban J connectivity index is 2.33. The molecule has 2 aromatic carbocycles. The summed E-state index contributed by atoms with van der Waals surface area (Å²) < 4.78 is 0. The molecule has 0 amide bonds. The summed E-state index contributed by atoms with van der Waals surface area (Å²) in [6, 6.07) is 12.6. The Bertz CT molecular complexity index is 603. The maximum atomic E-state index is 12.3. The van der Waals surface area contributed by atoms with Crippen LogP contribution in [0.25, 0.3) is 0 Å². The van der Waals surface area contributed by atoms with E-state index in [4.69, 9.17) is 17.3 Å². The number of nitrogen functional groups attached to an aromatic ring is 1. The van der Waals surface area contributed by atoms with Crippen molar-refractivity contribution in [1.82, 2.24) is 0 Å². The predicted molar refractivity (Wildman–Crippen MR) is 79.8 cm³/mol. The Morgan fingerprint density at radius 2 is 1.74 bits per heavy atom. The Morgan fingerprint density at radius 3 is 2.26 bits per heavy atom. The highest BCUT2D eigenvalue weighted by Gasteiger charge is 2.12. The minimum atomic E-state index is -0.0792. The van der Waals surface area contributed by atoms with Gasteiger partial charge in [0.2, 0.25) is 0 Å². The zero-order valence-electron chi connectivity index (χ0n) is 11.0. The summed E-state index contributed by atoms with van der Waals surface area (Å²) in [5.41, 5.74) is 8.57. The average Bonchev–Trinajstić information content (AvgIpc) is 2.38. The molecule has 2 rings (SSSR count). The lowest BCUT2D eigenvalue weighted by Gasteiger charge is -2.08. The molecule has 0 aliphatic heterocycles. The number of hydrogen-bond acceptors (Lipinski definition) is 2. The summed E-state index contributed by atoms with van der Waals surface area (Å²) in [5, 5.41) is 0.532. The molecule has 0 aliphatic carbocycles. The number of ketones is 1. The first-order valence-corrected chi connectivity index (χ1v) is 6.56. The van der Waals surface area contributed by atoms with Crippen LogP contribution in [0.15, 0.2) is 42.5 Å². The third kappa shape index (κ3) is 2.96. The van der Waals surface area contributed by atoms with Gasteiger partial charge in [0.15, 0.2) is 5.78 Å². The normalized spacial score (nSPS) is 10.7. The van der Waals surface area contributed by atoms with Crippen LogP contribution in [0, 0.1) is 0 Å². The number of carbonyl (C=O) groups is 1. The highest BCUT2D eigenvalue weighted by Crippen LogP contribution is 2.22. The van der Waals surface area contributed by atoms with Gasteiger partial charge in [-0.25, -0.2) is 0 Å². The number of nitrogens with two attached hydrogens (primary N) is 1. The number of carbonyl (C=O) groups excluding carboxylic acids is 1. The minimum absolute atomic E-state index is 0.0792. The number of hydrogen-bond donors (Lipinski definition) is 1. The van der Waals surface area contributed by atoms with E-state index in [0.717, 1.165) is 0 Å². The molecule has 0 spiro atoms. The van der Waals surface area contributed by atoms with Crippen molar-refractivity contribution in [3.05, 3.63) is 64.2 Å². The molecule has 0 saturated heterocycles. The number of halogens is 1. The molecule has 0 atom stereocenters. The van der Waals surface area contributed by atoms with Gasteiger partial charge in [-0.05, 0) is 29.7 Å². The summed E-state index contributed by atoms with van der Waals surface area (Å²) in [4.78, 5) is 12.3. The summed E-state index contributed by atoms with van der Waals surface area (Å²) in [6.45, 7) is 4.24. The fourth-order valence-corrected chi connectivity index (χ4v) is 2.10. The van der Waals surface area contributed by atoms with Crippen molar-refractivity contribution in [2.24, 2.45) is 0 Å². The second-order valence-corrected chi connectivity index (χ2v) is 5.27. The van der Waals surface area contributed by atoms with Crippen LogP contribution in [0.1, 0.15) is 41.3 Å². The third-order valence-electron chi connectivity index (χ3n) is 3.10. The topological polar surface area (TPSA) is 43.1 Å². The maximum absolute atomic E-state index is 12.3. The number of benzene rings is 2. The van der Waals surface area contributed by atoms with Crippen molar-refractivity contribution < 1.29 is 4.79 Å². The lowest BCUT2D eigenvalue weighted by molar-refractivity contribution is 0.103. The molecule has 3 heteroatoms. The van der Waals surface area contributed by atoms with Gasteiger partial charge in [-0.1, -0.05) is 49.7 Å². The molecule has 0 aromatic heterocycles. The largest absolute Gasteiger partial charge is 0.398 e. The van der Waals surface area contributed by atoms with Crippen LogP contribution in [-0.2, 0) is 0 Å². The second kappa shape index (κ2) is 5.45. The van der Waals surface area contributed by atoms with Gasteiger partial charge in [0, 0.05) is 21.8 Å². The molecule has 0 heterocycles.